The molecule has 0 radical (unpaired) electrons. The molecule has 0 spiro atoms. The van der Waals surface area contributed by atoms with Crippen LogP contribution in [0.2, 0.25) is 0 Å². The van der Waals surface area contributed by atoms with Crippen LogP contribution in [-0.2, 0) is 22.9 Å². The van der Waals surface area contributed by atoms with E-state index in [1.54, 1.807) is 24.6 Å². The molecule has 1 rings (SSSR count). The van der Waals surface area contributed by atoms with Crippen LogP contribution in [0.3, 0.4) is 0 Å². The van der Waals surface area contributed by atoms with Crippen molar-refractivity contribution in [1.82, 2.24) is 0 Å². The maximum Gasteiger partial charge on any atom is 0.513 e. The predicted octanol–water partition coefficient (Wildman–Crippen LogP) is 2.08. The molecule has 0 saturated carbocycles. The first-order valence-corrected chi connectivity index (χ1v) is 9.02. The molecular weight excluding hydrogens is 308 g/mol. The van der Waals surface area contributed by atoms with E-state index >= 15 is 0 Å². The average molecular weight is 324 g/mol. The minimum absolute atomic E-state index is 0.283. The second kappa shape index (κ2) is 6.44. The van der Waals surface area contributed by atoms with Crippen molar-refractivity contribution in [3.8, 4) is 5.75 Å². The quantitative estimate of drug-likeness (QED) is 0.605. The van der Waals surface area contributed by atoms with E-state index in [1.807, 2.05) is 0 Å². The molecule has 0 unspecified atom stereocenters. The largest absolute Gasteiger partial charge is 0.513 e. The average Bonchev–Trinajstić information content (AvgIpc) is 2.38. The third-order valence-corrected chi connectivity index (χ3v) is 6.06. The number of carbonyl (C=O) groups excluding carboxylic acids is 1. The first kappa shape index (κ1) is 16.8. The van der Waals surface area contributed by atoms with Gasteiger partial charge in [0.1, 0.15) is 5.75 Å². The van der Waals surface area contributed by atoms with Gasteiger partial charge in [0, 0.05) is 4.90 Å². The molecule has 0 atom stereocenters. The Balaban J connectivity index is 2.89. The zero-order valence-corrected chi connectivity index (χ0v) is 13.1. The number of carbonyl (C=O) groups is 1. The highest BCUT2D eigenvalue weighted by Gasteiger charge is 2.24. The van der Waals surface area contributed by atoms with E-state index in [9.17, 15) is 13.2 Å². The maximum atomic E-state index is 11.3. The van der Waals surface area contributed by atoms with Gasteiger partial charge in [-0.15, -0.1) is 0 Å². The normalized spacial score (nSPS) is 12.8. The predicted molar refractivity (Wildman–Crippen MR) is 74.2 cm³/mol. The molecule has 0 saturated heterocycles. The molecule has 7 nitrogen and oxygen atoms in total. The molecule has 1 aromatic rings. The third-order valence-electron chi connectivity index (χ3n) is 2.22. The smallest absolute Gasteiger partial charge is 0.437 e. The summed E-state index contributed by atoms with van der Waals surface area (Å²) in [6, 6.07) is 6.26. The molecule has 0 aliphatic rings. The van der Waals surface area contributed by atoms with Gasteiger partial charge in [-0.3, -0.25) is 4.18 Å². The summed E-state index contributed by atoms with van der Waals surface area (Å²) < 4.78 is 41.1. The Morgan fingerprint density at radius 1 is 1.05 bits per heavy atom. The van der Waals surface area contributed by atoms with Gasteiger partial charge >= 0.3 is 16.6 Å². The van der Waals surface area contributed by atoms with Crippen LogP contribution in [-0.4, -0.2) is 41.3 Å². The van der Waals surface area contributed by atoms with E-state index in [0.29, 0.717) is 4.90 Å². The van der Waals surface area contributed by atoms with Crippen molar-refractivity contribution in [3.63, 3.8) is 0 Å². The Bertz CT molecular complexity index is 563. The summed E-state index contributed by atoms with van der Waals surface area (Å²) in [7, 11) is -3.86. The number of hydrogen-bond acceptors (Lipinski definition) is 7. The Morgan fingerprint density at radius 2 is 1.60 bits per heavy atom. The van der Waals surface area contributed by atoms with Gasteiger partial charge in [-0.25, -0.2) is 4.79 Å². The summed E-state index contributed by atoms with van der Waals surface area (Å²) in [6.45, 7) is 0. The standard InChI is InChI=1S/C11H16O7S2/c1-15-11(12)17-9-5-7-10(8-6-9)19(3,4)18-20(13,14)16-2/h5-8H,1-4H3. The molecule has 20 heavy (non-hydrogen) atoms. The number of hydrogen-bond donors (Lipinski definition) is 0. The van der Waals surface area contributed by atoms with Crippen molar-refractivity contribution in [2.75, 3.05) is 26.7 Å². The second-order valence-electron chi connectivity index (χ2n) is 3.90. The highest BCUT2D eigenvalue weighted by Crippen LogP contribution is 2.51. The van der Waals surface area contributed by atoms with Crippen LogP contribution in [0.1, 0.15) is 0 Å². The summed E-state index contributed by atoms with van der Waals surface area (Å²) in [5.41, 5.74) is 0. The lowest BCUT2D eigenvalue weighted by Crippen LogP contribution is -2.12. The third kappa shape index (κ3) is 4.67. The van der Waals surface area contributed by atoms with Gasteiger partial charge < -0.3 is 9.47 Å². The van der Waals surface area contributed by atoms with E-state index in [-0.39, 0.29) is 5.75 Å². The SMILES string of the molecule is COC(=O)Oc1ccc(S(C)(C)OS(=O)(=O)OC)cc1. The number of methoxy groups -OCH3 is 1. The first-order chi connectivity index (χ1) is 9.20. The molecule has 0 amide bonds. The van der Waals surface area contributed by atoms with E-state index in [2.05, 4.69) is 8.92 Å². The van der Waals surface area contributed by atoms with Crippen molar-refractivity contribution >= 4 is 26.9 Å². The van der Waals surface area contributed by atoms with Crippen LogP contribution < -0.4 is 4.74 Å². The van der Waals surface area contributed by atoms with Crippen LogP contribution in [0.25, 0.3) is 0 Å². The van der Waals surface area contributed by atoms with Gasteiger partial charge in [-0.05, 0) is 36.8 Å². The number of benzene rings is 1. The zero-order chi connectivity index (χ0) is 15.4. The molecule has 0 heterocycles. The van der Waals surface area contributed by atoms with E-state index in [4.69, 9.17) is 8.37 Å². The molecule has 0 aliphatic heterocycles. The van der Waals surface area contributed by atoms with Gasteiger partial charge in [0.15, 0.2) is 0 Å². The van der Waals surface area contributed by atoms with Crippen molar-refractivity contribution < 1.29 is 30.5 Å². The van der Waals surface area contributed by atoms with E-state index in [1.165, 1.54) is 19.2 Å². The fourth-order valence-corrected chi connectivity index (χ4v) is 4.24. The van der Waals surface area contributed by atoms with Crippen LogP contribution >= 0.6 is 10.3 Å². The van der Waals surface area contributed by atoms with Gasteiger partial charge in [0.2, 0.25) is 0 Å². The van der Waals surface area contributed by atoms with Gasteiger partial charge in [0.25, 0.3) is 0 Å². The highest BCUT2D eigenvalue weighted by atomic mass is 32.3. The zero-order valence-electron chi connectivity index (χ0n) is 11.5. The molecule has 0 aromatic heterocycles. The Labute approximate surface area is 119 Å². The summed E-state index contributed by atoms with van der Waals surface area (Å²) >= 11 is 0. The van der Waals surface area contributed by atoms with Crippen molar-refractivity contribution in [2.24, 2.45) is 0 Å². The Morgan fingerprint density at radius 3 is 2.05 bits per heavy atom. The molecule has 9 heteroatoms. The summed E-state index contributed by atoms with van der Waals surface area (Å²) in [6.07, 6.45) is 2.47. The molecule has 1 aromatic carbocycles. The van der Waals surface area contributed by atoms with Crippen LogP contribution in [0.4, 0.5) is 4.79 Å². The fourth-order valence-electron chi connectivity index (χ4n) is 1.25. The summed E-state index contributed by atoms with van der Waals surface area (Å²) in [5.74, 6) is 0.283. The molecule has 0 bridgehead atoms. The molecule has 0 aliphatic carbocycles. The molecule has 114 valence electrons. The highest BCUT2D eigenvalue weighted by molar-refractivity contribution is 8.31. The maximum absolute atomic E-state index is 11.3. The van der Waals surface area contributed by atoms with Gasteiger partial charge in [-0.1, -0.05) is 10.3 Å². The Kier molecular flexibility index (Phi) is 5.40. The summed E-state index contributed by atoms with van der Waals surface area (Å²) in [5, 5.41) is 0. The minimum atomic E-state index is -4.03. The molecular formula is C11H16O7S2. The lowest BCUT2D eigenvalue weighted by molar-refractivity contribution is 0.121. The van der Waals surface area contributed by atoms with Crippen LogP contribution in [0.5, 0.6) is 5.75 Å². The monoisotopic (exact) mass is 324 g/mol. The van der Waals surface area contributed by atoms with Gasteiger partial charge in [-0.2, -0.15) is 12.0 Å². The summed E-state index contributed by atoms with van der Waals surface area (Å²) in [4.78, 5) is 11.6. The first-order valence-electron chi connectivity index (χ1n) is 5.31. The van der Waals surface area contributed by atoms with Gasteiger partial charge in [0.05, 0.1) is 14.2 Å². The van der Waals surface area contributed by atoms with Crippen LogP contribution in [0, 0.1) is 0 Å². The Hall–Kier alpha value is -1.29. The van der Waals surface area contributed by atoms with E-state index < -0.39 is 26.9 Å². The second-order valence-corrected chi connectivity index (χ2v) is 8.54. The molecule has 0 fully saturated rings. The van der Waals surface area contributed by atoms with Crippen molar-refractivity contribution in [1.29, 1.82) is 0 Å². The topological polar surface area (TPSA) is 88.1 Å². The lowest BCUT2D eigenvalue weighted by atomic mass is 10.3. The van der Waals surface area contributed by atoms with Crippen molar-refractivity contribution in [2.45, 2.75) is 4.90 Å². The number of ether oxygens (including phenoxy) is 2. The fraction of sp³-hybridized carbons (Fsp3) is 0.364. The minimum Gasteiger partial charge on any atom is -0.437 e. The number of rotatable bonds is 5. The van der Waals surface area contributed by atoms with Crippen molar-refractivity contribution in [3.05, 3.63) is 24.3 Å². The molecule has 0 N–H and O–H groups in total. The van der Waals surface area contributed by atoms with E-state index in [0.717, 1.165) is 7.11 Å². The van der Waals surface area contributed by atoms with Crippen LogP contribution in [0.15, 0.2) is 29.2 Å². The lowest BCUT2D eigenvalue weighted by Gasteiger charge is -2.29.